The number of nitrogen functional groups attached to an aromatic ring is 1. The predicted octanol–water partition coefficient (Wildman–Crippen LogP) is 3.74. The molecule has 0 atom stereocenters. The third-order valence-corrected chi connectivity index (χ3v) is 6.76. The van der Waals surface area contributed by atoms with Gasteiger partial charge < -0.3 is 10.6 Å². The predicted molar refractivity (Wildman–Crippen MR) is 116 cm³/mol. The lowest BCUT2D eigenvalue weighted by molar-refractivity contribution is 0.0768. The monoisotopic (exact) mass is 428 g/mol. The fourth-order valence-corrected chi connectivity index (χ4v) is 4.64. The molecular weight excluding hydrogens is 407 g/mol. The molecule has 0 bridgehead atoms. The molecule has 1 fully saturated rings. The summed E-state index contributed by atoms with van der Waals surface area (Å²) in [4.78, 5) is 22.4. The van der Waals surface area contributed by atoms with Crippen molar-refractivity contribution in [1.82, 2.24) is 14.9 Å². The quantitative estimate of drug-likeness (QED) is 0.586. The summed E-state index contributed by atoms with van der Waals surface area (Å²) in [6.45, 7) is 0.555. The number of hydrogen-bond donors (Lipinski definition) is 3. The number of halogens is 1. The molecule has 1 aliphatic rings. The Bertz CT molecular complexity index is 1080. The van der Waals surface area contributed by atoms with Crippen LogP contribution in [0.2, 0.25) is 0 Å². The van der Waals surface area contributed by atoms with Crippen LogP contribution in [0.1, 0.15) is 10.4 Å². The summed E-state index contributed by atoms with van der Waals surface area (Å²) in [5.41, 5.74) is 7.95. The third-order valence-electron chi connectivity index (χ3n) is 5.08. The number of aromatic nitrogens is 2. The van der Waals surface area contributed by atoms with Crippen molar-refractivity contribution in [2.24, 2.45) is 0 Å². The Morgan fingerprint density at radius 3 is 2.33 bits per heavy atom. The molecule has 0 unspecified atom stereocenters. The number of carbonyl (C=O) groups excluding carboxylic acids is 1. The molecule has 1 aromatic heterocycles. The highest BCUT2D eigenvalue weighted by atomic mass is 32.3. The topological polar surface area (TPSA) is 113 Å². The zero-order valence-corrected chi connectivity index (χ0v) is 16.8. The highest BCUT2D eigenvalue weighted by molar-refractivity contribution is 8.24. The lowest BCUT2D eigenvalue weighted by atomic mass is 9.96. The summed E-state index contributed by atoms with van der Waals surface area (Å²) in [7, 11) is -2.59. The van der Waals surface area contributed by atoms with Gasteiger partial charge in [0.25, 0.3) is 5.91 Å². The van der Waals surface area contributed by atoms with Crippen molar-refractivity contribution in [1.29, 1.82) is 0 Å². The van der Waals surface area contributed by atoms with E-state index in [9.17, 15) is 18.3 Å². The Balaban J connectivity index is 1.64. The van der Waals surface area contributed by atoms with Gasteiger partial charge in [-0.15, -0.1) is 0 Å². The van der Waals surface area contributed by atoms with Gasteiger partial charge in [0.15, 0.2) is 0 Å². The van der Waals surface area contributed by atoms with Crippen molar-refractivity contribution in [2.45, 2.75) is 0 Å². The maximum Gasteiger partial charge on any atom is 0.254 e. The van der Waals surface area contributed by atoms with Gasteiger partial charge in [-0.1, -0.05) is 30.3 Å². The van der Waals surface area contributed by atoms with Crippen LogP contribution in [-0.4, -0.2) is 54.5 Å². The normalized spacial score (nSPS) is 16.8. The Kier molecular flexibility index (Phi) is 5.42. The van der Waals surface area contributed by atoms with Gasteiger partial charge in [0, 0.05) is 42.2 Å². The van der Waals surface area contributed by atoms with E-state index in [-0.39, 0.29) is 36.5 Å². The molecule has 1 amide bonds. The number of amides is 1. The zero-order chi connectivity index (χ0) is 21.3. The molecule has 0 aliphatic carbocycles. The Morgan fingerprint density at radius 1 is 1.00 bits per heavy atom. The molecule has 30 heavy (non-hydrogen) atoms. The third kappa shape index (κ3) is 4.13. The van der Waals surface area contributed by atoms with Gasteiger partial charge in [0.05, 0.1) is 11.5 Å². The minimum absolute atomic E-state index is 0.113. The number of carbonyl (C=O) groups is 1. The van der Waals surface area contributed by atoms with Crippen LogP contribution >= 0.6 is 10.6 Å². The van der Waals surface area contributed by atoms with Crippen LogP contribution in [0.15, 0.2) is 54.9 Å². The molecule has 7 nitrogen and oxygen atoms in total. The summed E-state index contributed by atoms with van der Waals surface area (Å²) in [6, 6.07) is 11.8. The van der Waals surface area contributed by atoms with Crippen molar-refractivity contribution >= 4 is 22.4 Å². The number of nitrogens with two attached hydrogens (primary N) is 1. The molecule has 0 spiro atoms. The fraction of sp³-hybridized carbons (Fsp3) is 0.190. The van der Waals surface area contributed by atoms with Gasteiger partial charge in [-0.25, -0.2) is 14.4 Å². The maximum absolute atomic E-state index is 14.9. The smallest absolute Gasteiger partial charge is 0.254 e. The highest BCUT2D eigenvalue weighted by Crippen LogP contribution is 2.40. The first kappa shape index (κ1) is 20.3. The van der Waals surface area contributed by atoms with Gasteiger partial charge in [-0.05, 0) is 23.3 Å². The van der Waals surface area contributed by atoms with Crippen LogP contribution in [0, 0.1) is 5.82 Å². The van der Waals surface area contributed by atoms with Crippen molar-refractivity contribution in [3.8, 4) is 22.3 Å². The Morgan fingerprint density at radius 2 is 1.67 bits per heavy atom. The molecule has 3 aromatic rings. The molecule has 156 valence electrons. The van der Waals surface area contributed by atoms with Gasteiger partial charge in [-0.2, -0.15) is 10.6 Å². The Hall–Kier alpha value is -3.01. The number of rotatable bonds is 3. The zero-order valence-electron chi connectivity index (χ0n) is 16.0. The van der Waals surface area contributed by atoms with E-state index in [2.05, 4.69) is 9.97 Å². The van der Waals surface area contributed by atoms with Crippen LogP contribution in [0.3, 0.4) is 0 Å². The Labute approximate surface area is 174 Å². The van der Waals surface area contributed by atoms with Crippen molar-refractivity contribution < 1.29 is 18.3 Å². The van der Waals surface area contributed by atoms with Crippen LogP contribution in [0.4, 0.5) is 10.3 Å². The number of nitrogens with zero attached hydrogens (tertiary/aromatic N) is 3. The lowest BCUT2D eigenvalue weighted by Gasteiger charge is -2.41. The minimum Gasteiger partial charge on any atom is -0.368 e. The first-order valence-corrected chi connectivity index (χ1v) is 11.2. The lowest BCUT2D eigenvalue weighted by Crippen LogP contribution is -2.42. The molecule has 4 N–H and O–H groups in total. The molecule has 2 aromatic carbocycles. The van der Waals surface area contributed by atoms with E-state index in [4.69, 9.17) is 5.73 Å². The van der Waals surface area contributed by atoms with Crippen LogP contribution < -0.4 is 5.73 Å². The van der Waals surface area contributed by atoms with Crippen LogP contribution in [-0.2, 0) is 0 Å². The van der Waals surface area contributed by atoms with Crippen LogP contribution in [0.5, 0.6) is 0 Å². The van der Waals surface area contributed by atoms with Gasteiger partial charge in [0.2, 0.25) is 5.95 Å². The first-order chi connectivity index (χ1) is 14.3. The second kappa shape index (κ2) is 8.02. The molecule has 2 heterocycles. The molecule has 0 radical (unpaired) electrons. The number of benzene rings is 2. The maximum atomic E-state index is 14.9. The van der Waals surface area contributed by atoms with E-state index < -0.39 is 16.4 Å². The van der Waals surface area contributed by atoms with Crippen molar-refractivity contribution in [2.75, 3.05) is 30.3 Å². The van der Waals surface area contributed by atoms with E-state index in [1.54, 1.807) is 41.3 Å². The minimum atomic E-state index is -2.59. The summed E-state index contributed by atoms with van der Waals surface area (Å²) in [6.07, 6.45) is 2.91. The van der Waals surface area contributed by atoms with Gasteiger partial charge in [-0.3, -0.25) is 13.9 Å². The highest BCUT2D eigenvalue weighted by Gasteiger charge is 2.27. The standard InChI is InChI=1S/C21H21FN4O3S/c22-19-11-14(5-6-17(19)15-12-24-21(23)25-13-15)16-3-1-2-4-18(16)20(27)26-7-9-30(28,29)10-8-26/h1-6,11-13,28-29H,7-10H2,(H2,23,24,25). The summed E-state index contributed by atoms with van der Waals surface area (Å²) in [5, 5.41) is 0. The molecular formula is C21H21FN4O3S. The van der Waals surface area contributed by atoms with E-state index in [1.807, 2.05) is 0 Å². The van der Waals surface area contributed by atoms with Gasteiger partial charge in [0.1, 0.15) is 5.82 Å². The number of anilines is 1. The first-order valence-electron chi connectivity index (χ1n) is 9.34. The summed E-state index contributed by atoms with van der Waals surface area (Å²) >= 11 is 0. The number of hydrogen-bond acceptors (Lipinski definition) is 6. The van der Waals surface area contributed by atoms with Crippen molar-refractivity contribution in [3.63, 3.8) is 0 Å². The van der Waals surface area contributed by atoms with Crippen LogP contribution in [0.25, 0.3) is 22.3 Å². The molecule has 1 aliphatic heterocycles. The average Bonchev–Trinajstić information content (AvgIpc) is 2.74. The van der Waals surface area contributed by atoms with E-state index >= 15 is 0 Å². The van der Waals surface area contributed by atoms with E-state index in [0.717, 1.165) is 0 Å². The molecule has 0 saturated carbocycles. The molecule has 1 saturated heterocycles. The molecule has 9 heteroatoms. The van der Waals surface area contributed by atoms with E-state index in [1.165, 1.54) is 18.5 Å². The SMILES string of the molecule is Nc1ncc(-c2ccc(-c3ccccc3C(=O)N3CCS(O)(O)CC3)cc2F)cn1. The summed E-state index contributed by atoms with van der Waals surface area (Å²) < 4.78 is 34.4. The fourth-order valence-electron chi connectivity index (χ4n) is 3.42. The average molecular weight is 428 g/mol. The largest absolute Gasteiger partial charge is 0.368 e. The second-order valence-corrected chi connectivity index (χ2v) is 9.49. The van der Waals surface area contributed by atoms with Gasteiger partial charge >= 0.3 is 0 Å². The second-order valence-electron chi connectivity index (χ2n) is 7.07. The van der Waals surface area contributed by atoms with Crippen molar-refractivity contribution in [3.05, 3.63) is 66.2 Å². The molecule has 4 rings (SSSR count). The van der Waals surface area contributed by atoms with E-state index in [0.29, 0.717) is 27.8 Å². The summed E-state index contributed by atoms with van der Waals surface area (Å²) in [5.74, 6) is -0.212.